The Morgan fingerprint density at radius 3 is 2.39 bits per heavy atom. The van der Waals surface area contributed by atoms with Crippen molar-refractivity contribution in [2.75, 3.05) is 13.1 Å². The molecule has 1 aromatic rings. The zero-order chi connectivity index (χ0) is 12.8. The van der Waals surface area contributed by atoms with Gasteiger partial charge in [-0.05, 0) is 30.0 Å². The highest BCUT2D eigenvalue weighted by atomic mass is 16.4. The molecule has 1 aliphatic heterocycles. The predicted molar refractivity (Wildman–Crippen MR) is 69.6 cm³/mol. The molecule has 1 aromatic carbocycles. The van der Waals surface area contributed by atoms with Gasteiger partial charge in [0.05, 0.1) is 0 Å². The molecule has 1 unspecified atom stereocenters. The molecule has 1 N–H and O–H groups in total. The van der Waals surface area contributed by atoms with Crippen molar-refractivity contribution < 1.29 is 9.90 Å². The molecule has 18 heavy (non-hydrogen) atoms. The molecular formula is C15H19NO2. The standard InChI is InChI=1S/C15H19NO2/c1-11-6-7-16(10-11)15(14(17)18)8-12-4-2-3-5-13(12)9-15/h2-5,11H,6-10H2,1H3,(H,17,18). The smallest absolute Gasteiger partial charge is 0.324 e. The fourth-order valence-corrected chi connectivity index (χ4v) is 3.43. The van der Waals surface area contributed by atoms with Gasteiger partial charge in [-0.1, -0.05) is 31.2 Å². The van der Waals surface area contributed by atoms with Gasteiger partial charge in [-0.25, -0.2) is 0 Å². The Kier molecular flexibility index (Phi) is 2.67. The number of benzene rings is 1. The van der Waals surface area contributed by atoms with Crippen molar-refractivity contribution >= 4 is 5.97 Å². The highest BCUT2D eigenvalue weighted by Gasteiger charge is 2.50. The highest BCUT2D eigenvalue weighted by molar-refractivity contribution is 5.81. The first-order chi connectivity index (χ1) is 8.62. The van der Waals surface area contributed by atoms with Crippen molar-refractivity contribution in [1.29, 1.82) is 0 Å². The van der Waals surface area contributed by atoms with Crippen molar-refractivity contribution in [3.63, 3.8) is 0 Å². The summed E-state index contributed by atoms with van der Waals surface area (Å²) in [5.74, 6) is -0.0438. The summed E-state index contributed by atoms with van der Waals surface area (Å²) in [6.45, 7) is 4.04. The summed E-state index contributed by atoms with van der Waals surface area (Å²) in [6.07, 6.45) is 2.43. The minimum absolute atomic E-state index is 0.616. The minimum atomic E-state index is -0.686. The third-order valence-corrected chi connectivity index (χ3v) is 4.51. The van der Waals surface area contributed by atoms with E-state index < -0.39 is 11.5 Å². The van der Waals surface area contributed by atoms with Crippen LogP contribution in [0, 0.1) is 5.92 Å². The predicted octanol–water partition coefficient (Wildman–Crippen LogP) is 1.95. The molecule has 0 saturated carbocycles. The number of hydrogen-bond acceptors (Lipinski definition) is 2. The molecule has 0 amide bonds. The number of carbonyl (C=O) groups is 1. The Labute approximate surface area is 107 Å². The van der Waals surface area contributed by atoms with Crippen molar-refractivity contribution in [3.8, 4) is 0 Å². The molecule has 3 rings (SSSR count). The van der Waals surface area contributed by atoms with Crippen LogP contribution in [0.5, 0.6) is 0 Å². The average Bonchev–Trinajstić information content (AvgIpc) is 2.92. The number of carboxylic acids is 1. The normalized spacial score (nSPS) is 26.2. The summed E-state index contributed by atoms with van der Waals surface area (Å²) in [5.41, 5.74) is 1.73. The zero-order valence-corrected chi connectivity index (χ0v) is 10.7. The fourth-order valence-electron chi connectivity index (χ4n) is 3.43. The van der Waals surface area contributed by atoms with E-state index in [-0.39, 0.29) is 0 Å². The van der Waals surface area contributed by atoms with E-state index in [0.717, 1.165) is 19.5 Å². The monoisotopic (exact) mass is 245 g/mol. The molecule has 3 heteroatoms. The Balaban J connectivity index is 1.94. The lowest BCUT2D eigenvalue weighted by molar-refractivity contribution is -0.150. The quantitative estimate of drug-likeness (QED) is 0.865. The van der Waals surface area contributed by atoms with E-state index in [9.17, 15) is 9.90 Å². The lowest BCUT2D eigenvalue weighted by atomic mass is 9.93. The van der Waals surface area contributed by atoms with E-state index in [1.807, 2.05) is 12.1 Å². The third-order valence-electron chi connectivity index (χ3n) is 4.51. The molecule has 0 spiro atoms. The molecule has 0 bridgehead atoms. The Morgan fingerprint density at radius 2 is 1.94 bits per heavy atom. The zero-order valence-electron chi connectivity index (χ0n) is 10.7. The number of hydrogen-bond donors (Lipinski definition) is 1. The van der Waals surface area contributed by atoms with Crippen molar-refractivity contribution in [2.45, 2.75) is 31.7 Å². The molecule has 1 saturated heterocycles. The number of carboxylic acid groups (broad SMARTS) is 1. The van der Waals surface area contributed by atoms with Crippen LogP contribution in [-0.4, -0.2) is 34.6 Å². The fraction of sp³-hybridized carbons (Fsp3) is 0.533. The molecule has 2 aliphatic rings. The van der Waals surface area contributed by atoms with E-state index >= 15 is 0 Å². The van der Waals surface area contributed by atoms with Gasteiger partial charge >= 0.3 is 5.97 Å². The van der Waals surface area contributed by atoms with Crippen LogP contribution < -0.4 is 0 Å². The maximum Gasteiger partial charge on any atom is 0.324 e. The van der Waals surface area contributed by atoms with Gasteiger partial charge in [0.2, 0.25) is 0 Å². The van der Waals surface area contributed by atoms with Gasteiger partial charge in [0.1, 0.15) is 5.54 Å². The van der Waals surface area contributed by atoms with E-state index in [1.165, 1.54) is 11.1 Å². The second-order valence-corrected chi connectivity index (χ2v) is 5.80. The summed E-state index contributed by atoms with van der Waals surface area (Å²) >= 11 is 0. The number of fused-ring (bicyclic) bond motifs is 1. The van der Waals surface area contributed by atoms with E-state index in [2.05, 4.69) is 24.0 Å². The topological polar surface area (TPSA) is 40.5 Å². The highest BCUT2D eigenvalue weighted by Crippen LogP contribution is 2.37. The van der Waals surface area contributed by atoms with Crippen LogP contribution >= 0.6 is 0 Å². The molecule has 1 heterocycles. The van der Waals surface area contributed by atoms with Gasteiger partial charge in [-0.3, -0.25) is 9.69 Å². The summed E-state index contributed by atoms with van der Waals surface area (Å²) in [4.78, 5) is 14.0. The first-order valence-corrected chi connectivity index (χ1v) is 6.67. The summed E-state index contributed by atoms with van der Waals surface area (Å²) in [6, 6.07) is 8.14. The second-order valence-electron chi connectivity index (χ2n) is 5.80. The SMILES string of the molecule is CC1CCN(C2(C(=O)O)Cc3ccccc3C2)C1. The van der Waals surface area contributed by atoms with Gasteiger partial charge in [0, 0.05) is 19.4 Å². The molecule has 1 fully saturated rings. The van der Waals surface area contributed by atoms with Crippen LogP contribution in [-0.2, 0) is 17.6 Å². The van der Waals surface area contributed by atoms with Gasteiger partial charge in [-0.15, -0.1) is 0 Å². The Bertz CT molecular complexity index is 458. The third kappa shape index (κ3) is 1.65. The Morgan fingerprint density at radius 1 is 1.33 bits per heavy atom. The Hall–Kier alpha value is -1.35. The number of nitrogens with zero attached hydrogens (tertiary/aromatic N) is 1. The van der Waals surface area contributed by atoms with E-state index in [4.69, 9.17) is 0 Å². The molecular weight excluding hydrogens is 226 g/mol. The van der Waals surface area contributed by atoms with Gasteiger partial charge in [-0.2, -0.15) is 0 Å². The van der Waals surface area contributed by atoms with Crippen LogP contribution in [0.4, 0.5) is 0 Å². The number of rotatable bonds is 2. The number of likely N-dealkylation sites (tertiary alicyclic amines) is 1. The summed E-state index contributed by atoms with van der Waals surface area (Å²) in [7, 11) is 0. The van der Waals surface area contributed by atoms with E-state index in [0.29, 0.717) is 18.8 Å². The van der Waals surface area contributed by atoms with Crippen molar-refractivity contribution in [3.05, 3.63) is 35.4 Å². The van der Waals surface area contributed by atoms with Gasteiger partial charge in [0.15, 0.2) is 0 Å². The summed E-state index contributed by atoms with van der Waals surface area (Å²) in [5, 5.41) is 9.74. The molecule has 3 nitrogen and oxygen atoms in total. The first-order valence-electron chi connectivity index (χ1n) is 6.67. The maximum atomic E-state index is 11.8. The van der Waals surface area contributed by atoms with Crippen LogP contribution in [0.3, 0.4) is 0 Å². The summed E-state index contributed by atoms with van der Waals surface area (Å²) < 4.78 is 0. The minimum Gasteiger partial charge on any atom is -0.480 e. The van der Waals surface area contributed by atoms with Crippen molar-refractivity contribution in [2.24, 2.45) is 5.92 Å². The van der Waals surface area contributed by atoms with Gasteiger partial charge in [0.25, 0.3) is 0 Å². The maximum absolute atomic E-state index is 11.8. The largest absolute Gasteiger partial charge is 0.480 e. The number of aliphatic carboxylic acids is 1. The lowest BCUT2D eigenvalue weighted by Crippen LogP contribution is -2.54. The lowest BCUT2D eigenvalue weighted by Gasteiger charge is -2.34. The molecule has 0 radical (unpaired) electrons. The molecule has 0 aromatic heterocycles. The van der Waals surface area contributed by atoms with Crippen LogP contribution in [0.25, 0.3) is 0 Å². The molecule has 1 aliphatic carbocycles. The van der Waals surface area contributed by atoms with Crippen LogP contribution in [0.2, 0.25) is 0 Å². The van der Waals surface area contributed by atoms with Gasteiger partial charge < -0.3 is 5.11 Å². The second kappa shape index (κ2) is 4.09. The van der Waals surface area contributed by atoms with E-state index in [1.54, 1.807) is 0 Å². The van der Waals surface area contributed by atoms with Crippen molar-refractivity contribution in [1.82, 2.24) is 4.90 Å². The first kappa shape index (κ1) is 11.7. The van der Waals surface area contributed by atoms with Crippen LogP contribution in [0.1, 0.15) is 24.5 Å². The molecule has 96 valence electrons. The van der Waals surface area contributed by atoms with Crippen LogP contribution in [0.15, 0.2) is 24.3 Å². The molecule has 1 atom stereocenters. The average molecular weight is 245 g/mol.